The van der Waals surface area contributed by atoms with Gasteiger partial charge in [0.15, 0.2) is 0 Å². The molecule has 0 radical (unpaired) electrons. The average molecular weight is 415 g/mol. The molecule has 2 heterocycles. The molecule has 1 aliphatic heterocycles. The fraction of sp³-hybridized carbons (Fsp3) is 0.412. The molecule has 1 aromatic carbocycles. The fourth-order valence-corrected chi connectivity index (χ4v) is 2.74. The van der Waals surface area contributed by atoms with Crippen molar-refractivity contribution in [3.05, 3.63) is 36.9 Å². The van der Waals surface area contributed by atoms with Gasteiger partial charge in [0.05, 0.1) is 5.92 Å². The number of anilines is 2. The highest BCUT2D eigenvalue weighted by molar-refractivity contribution is 5.95. The number of nitrogens with one attached hydrogen (secondary N) is 3. The number of hydrogen-bond acceptors (Lipinski definition) is 5. The molecule has 2 atom stereocenters. The van der Waals surface area contributed by atoms with Gasteiger partial charge in [0.2, 0.25) is 11.8 Å². The number of amides is 2. The number of hydrogen-bond donors (Lipinski definition) is 3. The number of halogens is 2. The lowest BCUT2D eigenvalue weighted by molar-refractivity contribution is -0.120. The van der Waals surface area contributed by atoms with Gasteiger partial charge in [-0.25, -0.2) is 9.67 Å². The van der Waals surface area contributed by atoms with E-state index in [-0.39, 0.29) is 42.5 Å². The second kappa shape index (κ2) is 10.9. The first kappa shape index (κ1) is 22.9. The number of rotatable bonds is 5. The van der Waals surface area contributed by atoms with Crippen LogP contribution in [0.25, 0.3) is 0 Å². The minimum Gasteiger partial charge on any atom is -0.326 e. The fourth-order valence-electron chi connectivity index (χ4n) is 2.74. The Kier molecular flexibility index (Phi) is 9.20. The van der Waals surface area contributed by atoms with Crippen LogP contribution in [-0.4, -0.2) is 39.7 Å². The minimum atomic E-state index is -0.458. The van der Waals surface area contributed by atoms with Gasteiger partial charge in [-0.3, -0.25) is 9.59 Å². The van der Waals surface area contributed by atoms with Gasteiger partial charge in [0.25, 0.3) is 0 Å². The smallest absolute Gasteiger partial charge is 0.249 e. The predicted molar refractivity (Wildman–Crippen MR) is 109 cm³/mol. The van der Waals surface area contributed by atoms with Gasteiger partial charge in [0, 0.05) is 17.9 Å². The van der Waals surface area contributed by atoms with Crippen LogP contribution in [0.2, 0.25) is 0 Å². The molecule has 0 spiro atoms. The molecule has 27 heavy (non-hydrogen) atoms. The Morgan fingerprint density at radius 1 is 1.19 bits per heavy atom. The molecule has 1 saturated heterocycles. The Morgan fingerprint density at radius 2 is 1.85 bits per heavy atom. The third kappa shape index (κ3) is 6.20. The predicted octanol–water partition coefficient (Wildman–Crippen LogP) is 2.26. The second-order valence-electron chi connectivity index (χ2n) is 6.15. The van der Waals surface area contributed by atoms with Crippen LogP contribution in [0.15, 0.2) is 36.9 Å². The van der Waals surface area contributed by atoms with Crippen molar-refractivity contribution in [1.29, 1.82) is 0 Å². The molecule has 2 amide bonds. The first-order valence-electron chi connectivity index (χ1n) is 8.40. The highest BCUT2D eigenvalue weighted by Crippen LogP contribution is 2.18. The zero-order valence-electron chi connectivity index (χ0n) is 14.9. The number of carbonyl (C=O) groups is 2. The Bertz CT molecular complexity index is 718. The van der Waals surface area contributed by atoms with Crippen LogP contribution < -0.4 is 16.0 Å². The van der Waals surface area contributed by atoms with E-state index in [2.05, 4.69) is 26.0 Å². The van der Waals surface area contributed by atoms with Crippen LogP contribution in [0.3, 0.4) is 0 Å². The molecule has 10 heteroatoms. The molecule has 1 aromatic heterocycles. The standard InChI is InChI=1S/C17H22N6O2.2ClH/c1-12(23-11-19-10-20-23)16(24)21-14-4-6-15(7-5-14)22-17(25)13-3-2-8-18-9-13;;/h4-7,10-13,18H,2-3,8-9H2,1H3,(H,21,24)(H,22,25);2*1H. The van der Waals surface area contributed by atoms with Crippen LogP contribution in [0.4, 0.5) is 11.4 Å². The van der Waals surface area contributed by atoms with E-state index in [0.717, 1.165) is 31.6 Å². The highest BCUT2D eigenvalue weighted by atomic mass is 35.5. The lowest BCUT2D eigenvalue weighted by Gasteiger charge is -2.22. The van der Waals surface area contributed by atoms with Crippen LogP contribution in [0.1, 0.15) is 25.8 Å². The average Bonchev–Trinajstić information content (AvgIpc) is 3.18. The first-order valence-corrected chi connectivity index (χ1v) is 8.40. The van der Waals surface area contributed by atoms with E-state index >= 15 is 0 Å². The highest BCUT2D eigenvalue weighted by Gasteiger charge is 2.21. The van der Waals surface area contributed by atoms with Crippen LogP contribution >= 0.6 is 24.8 Å². The van der Waals surface area contributed by atoms with Crippen LogP contribution in [0.5, 0.6) is 0 Å². The van der Waals surface area contributed by atoms with Gasteiger partial charge in [-0.1, -0.05) is 0 Å². The number of benzene rings is 1. The SMILES string of the molecule is CC(C(=O)Nc1ccc(NC(=O)C2CCCNC2)cc1)n1cncn1.Cl.Cl. The van der Waals surface area contributed by atoms with Crippen molar-refractivity contribution in [2.75, 3.05) is 23.7 Å². The molecule has 3 N–H and O–H groups in total. The maximum Gasteiger partial charge on any atom is 0.249 e. The van der Waals surface area contributed by atoms with Gasteiger partial charge in [-0.05, 0) is 50.6 Å². The molecule has 0 bridgehead atoms. The molecule has 2 aromatic rings. The summed E-state index contributed by atoms with van der Waals surface area (Å²) in [6, 6.07) is 6.63. The summed E-state index contributed by atoms with van der Waals surface area (Å²) < 4.78 is 1.49. The largest absolute Gasteiger partial charge is 0.326 e. The summed E-state index contributed by atoms with van der Waals surface area (Å²) in [6.07, 6.45) is 4.83. The lowest BCUT2D eigenvalue weighted by Crippen LogP contribution is -2.37. The van der Waals surface area contributed by atoms with Crippen LogP contribution in [-0.2, 0) is 9.59 Å². The summed E-state index contributed by atoms with van der Waals surface area (Å²) in [7, 11) is 0. The number of nitrogens with zero attached hydrogens (tertiary/aromatic N) is 3. The molecule has 3 rings (SSSR count). The summed E-state index contributed by atoms with van der Waals surface area (Å²) in [5, 5.41) is 12.9. The van der Waals surface area contributed by atoms with Gasteiger partial charge in [-0.15, -0.1) is 24.8 Å². The molecule has 1 fully saturated rings. The zero-order valence-corrected chi connectivity index (χ0v) is 16.6. The minimum absolute atomic E-state index is 0. The third-order valence-corrected chi connectivity index (χ3v) is 4.30. The van der Waals surface area contributed by atoms with Crippen molar-refractivity contribution in [3.63, 3.8) is 0 Å². The summed E-state index contributed by atoms with van der Waals surface area (Å²) in [4.78, 5) is 28.3. The number of aromatic nitrogens is 3. The van der Waals surface area contributed by atoms with E-state index in [9.17, 15) is 9.59 Å². The number of carbonyl (C=O) groups excluding carboxylic acids is 2. The normalized spacial score (nSPS) is 17.0. The van der Waals surface area contributed by atoms with Crippen molar-refractivity contribution in [3.8, 4) is 0 Å². The van der Waals surface area contributed by atoms with Crippen molar-refractivity contribution in [2.45, 2.75) is 25.8 Å². The van der Waals surface area contributed by atoms with Gasteiger partial charge in [0.1, 0.15) is 18.7 Å². The molecular weight excluding hydrogens is 391 g/mol. The van der Waals surface area contributed by atoms with E-state index in [1.165, 1.54) is 17.3 Å². The van der Waals surface area contributed by atoms with E-state index in [1.807, 2.05) is 0 Å². The molecule has 0 saturated carbocycles. The topological polar surface area (TPSA) is 101 Å². The van der Waals surface area contributed by atoms with E-state index in [4.69, 9.17) is 0 Å². The maximum absolute atomic E-state index is 12.2. The zero-order chi connectivity index (χ0) is 17.6. The second-order valence-corrected chi connectivity index (χ2v) is 6.15. The Morgan fingerprint density at radius 3 is 2.41 bits per heavy atom. The van der Waals surface area contributed by atoms with Crippen molar-refractivity contribution < 1.29 is 9.59 Å². The van der Waals surface area contributed by atoms with Crippen LogP contribution in [0, 0.1) is 5.92 Å². The number of piperidine rings is 1. The molecular formula is C17H24Cl2N6O2. The Hall–Kier alpha value is -2.16. The molecule has 0 aliphatic carbocycles. The summed E-state index contributed by atoms with van der Waals surface area (Å²) in [5.41, 5.74) is 1.38. The van der Waals surface area contributed by atoms with Gasteiger partial charge < -0.3 is 16.0 Å². The van der Waals surface area contributed by atoms with Crippen molar-refractivity contribution in [2.24, 2.45) is 5.92 Å². The summed E-state index contributed by atoms with van der Waals surface area (Å²) in [5.74, 6) is -0.143. The molecule has 1 aliphatic rings. The molecule has 2 unspecified atom stereocenters. The lowest BCUT2D eigenvalue weighted by atomic mass is 9.99. The quantitative estimate of drug-likeness (QED) is 0.696. The third-order valence-electron chi connectivity index (χ3n) is 4.30. The monoisotopic (exact) mass is 414 g/mol. The van der Waals surface area contributed by atoms with Gasteiger partial charge >= 0.3 is 0 Å². The van der Waals surface area contributed by atoms with E-state index in [0.29, 0.717) is 5.69 Å². The summed E-state index contributed by atoms with van der Waals surface area (Å²) >= 11 is 0. The maximum atomic E-state index is 12.2. The Balaban J connectivity index is 0.00000182. The van der Waals surface area contributed by atoms with Crippen molar-refractivity contribution >= 4 is 48.0 Å². The first-order chi connectivity index (χ1) is 12.1. The summed E-state index contributed by atoms with van der Waals surface area (Å²) in [6.45, 7) is 3.45. The van der Waals surface area contributed by atoms with Gasteiger partial charge in [-0.2, -0.15) is 5.10 Å². The molecule has 148 valence electrons. The Labute approximate surface area is 170 Å². The molecule has 8 nitrogen and oxygen atoms in total. The van der Waals surface area contributed by atoms with Crippen molar-refractivity contribution in [1.82, 2.24) is 20.1 Å². The van der Waals surface area contributed by atoms with E-state index in [1.54, 1.807) is 31.2 Å². The van der Waals surface area contributed by atoms with E-state index < -0.39 is 6.04 Å².